The Labute approximate surface area is 182 Å². The molecule has 0 atom stereocenters. The molecule has 2 N–H and O–H groups in total. The van der Waals surface area contributed by atoms with Crippen LogP contribution in [-0.2, 0) is 9.59 Å². The average molecular weight is 424 g/mol. The number of amides is 2. The Hall–Kier alpha value is -2.47. The fourth-order valence-electron chi connectivity index (χ4n) is 4.46. The number of likely N-dealkylation sites (N-methyl/N-ethyl adjacent to an activating group) is 1. The highest BCUT2D eigenvalue weighted by atomic mass is 32.2. The topological polar surface area (TPSA) is 61.4 Å². The predicted octanol–water partition coefficient (Wildman–Crippen LogP) is 4.63. The van der Waals surface area contributed by atoms with Crippen LogP contribution in [0.2, 0.25) is 0 Å². The summed E-state index contributed by atoms with van der Waals surface area (Å²) in [5, 5.41) is 6.05. The van der Waals surface area contributed by atoms with Gasteiger partial charge in [0.05, 0.1) is 11.4 Å². The first-order chi connectivity index (χ1) is 14.6. The molecule has 1 aliphatic carbocycles. The first-order valence-corrected chi connectivity index (χ1v) is 11.7. The van der Waals surface area contributed by atoms with E-state index in [0.29, 0.717) is 19.5 Å². The van der Waals surface area contributed by atoms with Crippen LogP contribution in [0.3, 0.4) is 0 Å². The van der Waals surface area contributed by atoms with Crippen LogP contribution in [0.1, 0.15) is 45.4 Å². The van der Waals surface area contributed by atoms with E-state index in [-0.39, 0.29) is 11.8 Å². The highest BCUT2D eigenvalue weighted by Gasteiger charge is 2.40. The first kappa shape index (κ1) is 20.8. The summed E-state index contributed by atoms with van der Waals surface area (Å²) in [6.07, 6.45) is 4.85. The van der Waals surface area contributed by atoms with E-state index in [4.69, 9.17) is 0 Å². The minimum atomic E-state index is -0.751. The van der Waals surface area contributed by atoms with Crippen LogP contribution in [0.25, 0.3) is 0 Å². The lowest BCUT2D eigenvalue weighted by atomic mass is 9.80. The predicted molar refractivity (Wildman–Crippen MR) is 121 cm³/mol. The summed E-state index contributed by atoms with van der Waals surface area (Å²) in [4.78, 5) is 30.3. The molecule has 2 aromatic rings. The van der Waals surface area contributed by atoms with E-state index < -0.39 is 5.54 Å². The molecule has 1 saturated carbocycles. The highest BCUT2D eigenvalue weighted by molar-refractivity contribution is 7.99. The van der Waals surface area contributed by atoms with E-state index in [1.807, 2.05) is 31.2 Å². The molecular formula is C24H29N3O2S. The molecule has 30 heavy (non-hydrogen) atoms. The molecule has 1 fully saturated rings. The Morgan fingerprint density at radius 3 is 2.17 bits per heavy atom. The summed E-state index contributed by atoms with van der Waals surface area (Å²) < 4.78 is 0. The summed E-state index contributed by atoms with van der Waals surface area (Å²) in [7, 11) is 0. The number of carbonyl (C=O) groups excluding carboxylic acids is 2. The van der Waals surface area contributed by atoms with E-state index >= 15 is 0 Å². The molecule has 5 nitrogen and oxygen atoms in total. The Morgan fingerprint density at radius 2 is 1.57 bits per heavy atom. The lowest BCUT2D eigenvalue weighted by Crippen LogP contribution is -2.59. The number of hydrogen-bond donors (Lipinski definition) is 2. The second-order valence-electron chi connectivity index (χ2n) is 7.99. The second-order valence-corrected chi connectivity index (χ2v) is 9.07. The van der Waals surface area contributed by atoms with Crippen molar-refractivity contribution in [2.75, 3.05) is 18.0 Å². The molecule has 0 radical (unpaired) electrons. The van der Waals surface area contributed by atoms with Crippen molar-refractivity contribution in [1.29, 1.82) is 0 Å². The van der Waals surface area contributed by atoms with Crippen molar-refractivity contribution in [2.24, 2.45) is 0 Å². The van der Waals surface area contributed by atoms with Crippen molar-refractivity contribution in [1.82, 2.24) is 10.6 Å². The van der Waals surface area contributed by atoms with Gasteiger partial charge in [0.1, 0.15) is 5.54 Å². The molecular weight excluding hydrogens is 394 g/mol. The van der Waals surface area contributed by atoms with Crippen LogP contribution in [0.15, 0.2) is 58.3 Å². The molecule has 4 rings (SSSR count). The monoisotopic (exact) mass is 423 g/mol. The van der Waals surface area contributed by atoms with Crippen molar-refractivity contribution in [3.63, 3.8) is 0 Å². The second kappa shape index (κ2) is 9.13. The maximum Gasteiger partial charge on any atom is 0.245 e. The minimum absolute atomic E-state index is 0.0388. The van der Waals surface area contributed by atoms with E-state index in [0.717, 1.165) is 43.5 Å². The molecule has 2 amide bonds. The Kier molecular flexibility index (Phi) is 6.32. The maximum atomic E-state index is 13.0. The summed E-state index contributed by atoms with van der Waals surface area (Å²) in [6, 6.07) is 16.6. The summed E-state index contributed by atoms with van der Waals surface area (Å²) in [5.41, 5.74) is 1.51. The maximum absolute atomic E-state index is 13.0. The quantitative estimate of drug-likeness (QED) is 0.711. The molecule has 6 heteroatoms. The number of rotatable bonds is 6. The number of nitrogens with zero attached hydrogens (tertiary/aromatic N) is 1. The van der Waals surface area contributed by atoms with Crippen LogP contribution in [-0.4, -0.2) is 30.4 Å². The third kappa shape index (κ3) is 4.19. The molecule has 1 heterocycles. The van der Waals surface area contributed by atoms with E-state index in [1.165, 1.54) is 9.79 Å². The third-order valence-electron chi connectivity index (χ3n) is 5.95. The van der Waals surface area contributed by atoms with Gasteiger partial charge < -0.3 is 15.5 Å². The lowest BCUT2D eigenvalue weighted by molar-refractivity contribution is -0.135. The SMILES string of the molecule is CCNC(=O)C1(NC(=O)CCN2c3ccccc3Sc3ccccc32)CCCCC1. The highest BCUT2D eigenvalue weighted by Crippen LogP contribution is 2.47. The van der Waals surface area contributed by atoms with Gasteiger partial charge in [0, 0.05) is 29.3 Å². The summed E-state index contributed by atoms with van der Waals surface area (Å²) in [5.74, 6) is -0.0977. The van der Waals surface area contributed by atoms with Crippen molar-refractivity contribution < 1.29 is 9.59 Å². The van der Waals surface area contributed by atoms with Crippen molar-refractivity contribution in [3.8, 4) is 0 Å². The van der Waals surface area contributed by atoms with Gasteiger partial charge in [-0.05, 0) is 44.0 Å². The zero-order valence-corrected chi connectivity index (χ0v) is 18.3. The van der Waals surface area contributed by atoms with Crippen molar-refractivity contribution >= 4 is 35.0 Å². The molecule has 2 aliphatic rings. The number of carbonyl (C=O) groups is 2. The summed E-state index contributed by atoms with van der Waals surface area (Å²) in [6.45, 7) is 3.07. The number of benzene rings is 2. The van der Waals surface area contributed by atoms with Crippen LogP contribution < -0.4 is 15.5 Å². The number of nitrogens with one attached hydrogen (secondary N) is 2. The molecule has 158 valence electrons. The minimum Gasteiger partial charge on any atom is -0.354 e. The number of para-hydroxylation sites is 2. The zero-order valence-electron chi connectivity index (χ0n) is 17.4. The standard InChI is InChI=1S/C24H29N3O2S/c1-2-25-23(29)24(15-8-3-9-16-24)26-22(28)14-17-27-18-10-4-6-12-20(18)30-21-13-7-5-11-19(21)27/h4-7,10-13H,2-3,8-9,14-17H2,1H3,(H,25,29)(H,26,28). The van der Waals surface area contributed by atoms with Crippen molar-refractivity contribution in [3.05, 3.63) is 48.5 Å². The smallest absolute Gasteiger partial charge is 0.245 e. The van der Waals surface area contributed by atoms with Gasteiger partial charge in [0.15, 0.2) is 0 Å². The molecule has 2 aromatic carbocycles. The van der Waals surface area contributed by atoms with E-state index in [1.54, 1.807) is 11.8 Å². The third-order valence-corrected chi connectivity index (χ3v) is 7.08. The Morgan fingerprint density at radius 1 is 0.967 bits per heavy atom. The van der Waals surface area contributed by atoms with Gasteiger partial charge in [-0.1, -0.05) is 55.3 Å². The molecule has 1 aliphatic heterocycles. The largest absolute Gasteiger partial charge is 0.354 e. The van der Waals surface area contributed by atoms with Gasteiger partial charge in [-0.2, -0.15) is 0 Å². The van der Waals surface area contributed by atoms with Gasteiger partial charge in [0.2, 0.25) is 11.8 Å². The number of fused-ring (bicyclic) bond motifs is 2. The summed E-state index contributed by atoms with van der Waals surface area (Å²) >= 11 is 1.76. The molecule has 0 spiro atoms. The molecule has 0 aromatic heterocycles. The van der Waals surface area contributed by atoms with Gasteiger partial charge in [-0.3, -0.25) is 9.59 Å². The fourth-order valence-corrected chi connectivity index (χ4v) is 5.55. The molecule has 0 unspecified atom stereocenters. The van der Waals surface area contributed by atoms with Crippen molar-refractivity contribution in [2.45, 2.75) is 60.8 Å². The zero-order chi connectivity index (χ0) is 21.0. The van der Waals surface area contributed by atoms with E-state index in [9.17, 15) is 9.59 Å². The lowest BCUT2D eigenvalue weighted by Gasteiger charge is -2.37. The molecule has 0 bridgehead atoms. The van der Waals surface area contributed by atoms with Crippen LogP contribution >= 0.6 is 11.8 Å². The Bertz CT molecular complexity index is 879. The van der Waals surface area contributed by atoms with Crippen LogP contribution in [0.5, 0.6) is 0 Å². The van der Waals surface area contributed by atoms with E-state index in [2.05, 4.69) is 39.8 Å². The van der Waals surface area contributed by atoms with Gasteiger partial charge in [-0.15, -0.1) is 0 Å². The van der Waals surface area contributed by atoms with Gasteiger partial charge >= 0.3 is 0 Å². The fraction of sp³-hybridized carbons (Fsp3) is 0.417. The average Bonchev–Trinajstić information content (AvgIpc) is 2.77. The molecule has 0 saturated heterocycles. The van der Waals surface area contributed by atoms with Gasteiger partial charge in [-0.25, -0.2) is 0 Å². The number of anilines is 2. The van der Waals surface area contributed by atoms with Crippen LogP contribution in [0.4, 0.5) is 11.4 Å². The van der Waals surface area contributed by atoms with Gasteiger partial charge in [0.25, 0.3) is 0 Å². The van der Waals surface area contributed by atoms with Crippen LogP contribution in [0, 0.1) is 0 Å². The Balaban J connectivity index is 1.49. The number of hydrogen-bond acceptors (Lipinski definition) is 4. The normalized spacial score (nSPS) is 16.9. The first-order valence-electron chi connectivity index (χ1n) is 10.9.